The molecule has 0 bridgehead atoms. The van der Waals surface area contributed by atoms with Gasteiger partial charge in [-0.15, -0.1) is 0 Å². The summed E-state index contributed by atoms with van der Waals surface area (Å²) in [6.45, 7) is 5.53. The zero-order valence-electron chi connectivity index (χ0n) is 14.0. The van der Waals surface area contributed by atoms with E-state index in [1.54, 1.807) is 0 Å². The number of benzene rings is 2. The first-order chi connectivity index (χ1) is 11.7. The Kier molecular flexibility index (Phi) is 5.69. The quantitative estimate of drug-likeness (QED) is 0.840. The van der Waals surface area contributed by atoms with E-state index in [4.69, 9.17) is 0 Å². The number of rotatable bonds is 5. The Bertz CT molecular complexity index is 712. The van der Waals surface area contributed by atoms with Gasteiger partial charge >= 0.3 is 0 Å². The van der Waals surface area contributed by atoms with Crippen LogP contribution in [0.25, 0.3) is 0 Å². The third-order valence-electron chi connectivity index (χ3n) is 4.53. The summed E-state index contributed by atoms with van der Waals surface area (Å²) in [5.74, 6) is 0.0946. The molecule has 1 aliphatic heterocycles. The van der Waals surface area contributed by atoms with Crippen LogP contribution in [0.2, 0.25) is 0 Å². The summed E-state index contributed by atoms with van der Waals surface area (Å²) >= 11 is 3.66. The average Bonchev–Trinajstić information content (AvgIpc) is 2.61. The lowest BCUT2D eigenvalue weighted by Gasteiger charge is -2.29. The molecule has 1 amide bonds. The molecule has 3 nitrogen and oxygen atoms in total. The molecular weight excluding hydrogens is 364 g/mol. The minimum atomic E-state index is 0.0946. The summed E-state index contributed by atoms with van der Waals surface area (Å²) in [4.78, 5) is 13.8. The van der Waals surface area contributed by atoms with Crippen LogP contribution in [0.5, 0.6) is 0 Å². The van der Waals surface area contributed by atoms with E-state index in [9.17, 15) is 4.79 Å². The fourth-order valence-electron chi connectivity index (χ4n) is 3.10. The normalized spacial score (nSPS) is 14.2. The van der Waals surface area contributed by atoms with Crippen LogP contribution in [0, 0.1) is 0 Å². The molecule has 126 valence electrons. The molecule has 3 rings (SSSR count). The third-order valence-corrected chi connectivity index (χ3v) is 5.27. The molecule has 4 heteroatoms. The van der Waals surface area contributed by atoms with Crippen molar-refractivity contribution >= 4 is 21.8 Å². The van der Waals surface area contributed by atoms with Gasteiger partial charge in [0.2, 0.25) is 5.91 Å². The van der Waals surface area contributed by atoms with Crippen LogP contribution in [0.15, 0.2) is 46.9 Å². The topological polar surface area (TPSA) is 32.3 Å². The second-order valence-corrected chi connectivity index (χ2v) is 7.14. The molecule has 0 aromatic heterocycles. The van der Waals surface area contributed by atoms with Crippen LogP contribution in [-0.2, 0) is 30.8 Å². The molecule has 0 fully saturated rings. The summed E-state index contributed by atoms with van der Waals surface area (Å²) in [7, 11) is 0. The fraction of sp³-hybridized carbons (Fsp3) is 0.350. The first-order valence-electron chi connectivity index (χ1n) is 8.49. The lowest BCUT2D eigenvalue weighted by atomic mass is 9.99. The van der Waals surface area contributed by atoms with Gasteiger partial charge in [-0.2, -0.15) is 0 Å². The van der Waals surface area contributed by atoms with Crippen molar-refractivity contribution in [3.05, 3.63) is 69.2 Å². The summed E-state index contributed by atoms with van der Waals surface area (Å²) < 4.78 is 1.23. The minimum absolute atomic E-state index is 0.0946. The molecule has 0 unspecified atom stereocenters. The molecule has 0 radical (unpaired) electrons. The molecule has 24 heavy (non-hydrogen) atoms. The SMILES string of the molecule is CCC(=O)NCc1ccc(CN2CCc3c(Br)cccc3C2)cc1. The standard InChI is InChI=1S/C20H23BrN2O/c1-2-20(24)22-12-15-6-8-16(9-7-15)13-23-11-10-18-17(14-23)4-3-5-19(18)21/h3-9H,2,10-14H2,1H3,(H,22,24). The van der Waals surface area contributed by atoms with Crippen LogP contribution in [0.4, 0.5) is 0 Å². The minimum Gasteiger partial charge on any atom is -0.352 e. The number of halogens is 1. The Hall–Kier alpha value is -1.65. The second kappa shape index (κ2) is 7.95. The molecule has 2 aromatic rings. The Morgan fingerprint density at radius 2 is 1.92 bits per heavy atom. The predicted molar refractivity (Wildman–Crippen MR) is 101 cm³/mol. The number of nitrogens with one attached hydrogen (secondary N) is 1. The summed E-state index contributed by atoms with van der Waals surface area (Å²) in [6, 6.07) is 15.0. The molecule has 0 saturated heterocycles. The zero-order valence-corrected chi connectivity index (χ0v) is 15.6. The van der Waals surface area contributed by atoms with E-state index in [2.05, 4.69) is 68.6 Å². The van der Waals surface area contributed by atoms with Crippen molar-refractivity contribution in [3.63, 3.8) is 0 Å². The van der Waals surface area contributed by atoms with Gasteiger partial charge < -0.3 is 5.32 Å². The van der Waals surface area contributed by atoms with Crippen molar-refractivity contribution < 1.29 is 4.79 Å². The molecule has 0 saturated carbocycles. The van der Waals surface area contributed by atoms with E-state index in [1.165, 1.54) is 21.2 Å². The van der Waals surface area contributed by atoms with Gasteiger partial charge in [0, 0.05) is 37.1 Å². The first kappa shape index (κ1) is 17.2. The second-order valence-electron chi connectivity index (χ2n) is 6.28. The largest absolute Gasteiger partial charge is 0.352 e. The van der Waals surface area contributed by atoms with Gasteiger partial charge in [0.15, 0.2) is 0 Å². The first-order valence-corrected chi connectivity index (χ1v) is 9.28. The molecule has 1 N–H and O–H groups in total. The fourth-order valence-corrected chi connectivity index (χ4v) is 3.71. The van der Waals surface area contributed by atoms with Gasteiger partial charge in [0.25, 0.3) is 0 Å². The number of carbonyl (C=O) groups excluding carboxylic acids is 1. The van der Waals surface area contributed by atoms with Crippen molar-refractivity contribution in [2.75, 3.05) is 6.54 Å². The Labute approximate surface area is 152 Å². The lowest BCUT2D eigenvalue weighted by Crippen LogP contribution is -2.30. The highest BCUT2D eigenvalue weighted by Gasteiger charge is 2.17. The summed E-state index contributed by atoms with van der Waals surface area (Å²) in [6.07, 6.45) is 1.63. The third kappa shape index (κ3) is 4.25. The van der Waals surface area contributed by atoms with Gasteiger partial charge in [-0.3, -0.25) is 9.69 Å². The average molecular weight is 387 g/mol. The van der Waals surface area contributed by atoms with Gasteiger partial charge in [-0.25, -0.2) is 0 Å². The van der Waals surface area contributed by atoms with E-state index >= 15 is 0 Å². The highest BCUT2D eigenvalue weighted by molar-refractivity contribution is 9.10. The van der Waals surface area contributed by atoms with E-state index in [1.807, 2.05) is 6.92 Å². The molecule has 0 atom stereocenters. The van der Waals surface area contributed by atoms with Crippen molar-refractivity contribution in [1.29, 1.82) is 0 Å². The Balaban J connectivity index is 1.58. The number of carbonyl (C=O) groups is 1. The predicted octanol–water partition coefficient (Wildman–Crippen LogP) is 4.03. The van der Waals surface area contributed by atoms with E-state index in [0.717, 1.165) is 31.6 Å². The molecule has 0 spiro atoms. The molecule has 1 heterocycles. The van der Waals surface area contributed by atoms with Crippen LogP contribution >= 0.6 is 15.9 Å². The van der Waals surface area contributed by atoms with Crippen LogP contribution < -0.4 is 5.32 Å². The maximum Gasteiger partial charge on any atom is 0.219 e. The van der Waals surface area contributed by atoms with Crippen molar-refractivity contribution in [2.45, 2.75) is 39.4 Å². The van der Waals surface area contributed by atoms with Crippen LogP contribution in [-0.4, -0.2) is 17.4 Å². The van der Waals surface area contributed by atoms with Gasteiger partial charge in [0.1, 0.15) is 0 Å². The molecule has 2 aromatic carbocycles. The Morgan fingerprint density at radius 1 is 1.17 bits per heavy atom. The zero-order chi connectivity index (χ0) is 16.9. The van der Waals surface area contributed by atoms with Gasteiger partial charge in [-0.05, 0) is 34.7 Å². The highest BCUT2D eigenvalue weighted by atomic mass is 79.9. The van der Waals surface area contributed by atoms with E-state index in [0.29, 0.717) is 13.0 Å². The number of nitrogens with zero attached hydrogens (tertiary/aromatic N) is 1. The maximum absolute atomic E-state index is 11.3. The van der Waals surface area contributed by atoms with Gasteiger partial charge in [0.05, 0.1) is 0 Å². The van der Waals surface area contributed by atoms with E-state index < -0.39 is 0 Å². The lowest BCUT2D eigenvalue weighted by molar-refractivity contribution is -0.120. The molecule has 1 aliphatic rings. The van der Waals surface area contributed by atoms with Crippen LogP contribution in [0.3, 0.4) is 0 Å². The molecule has 0 aliphatic carbocycles. The maximum atomic E-state index is 11.3. The number of hydrogen-bond donors (Lipinski definition) is 1. The summed E-state index contributed by atoms with van der Waals surface area (Å²) in [5, 5.41) is 2.91. The van der Waals surface area contributed by atoms with Gasteiger partial charge in [-0.1, -0.05) is 59.3 Å². The van der Waals surface area contributed by atoms with Crippen molar-refractivity contribution in [2.24, 2.45) is 0 Å². The van der Waals surface area contributed by atoms with Crippen LogP contribution in [0.1, 0.15) is 35.6 Å². The van der Waals surface area contributed by atoms with Crippen molar-refractivity contribution in [3.8, 4) is 0 Å². The van der Waals surface area contributed by atoms with E-state index in [-0.39, 0.29) is 5.91 Å². The highest BCUT2D eigenvalue weighted by Crippen LogP contribution is 2.27. The Morgan fingerprint density at radius 3 is 2.67 bits per heavy atom. The smallest absolute Gasteiger partial charge is 0.219 e. The number of amides is 1. The monoisotopic (exact) mass is 386 g/mol. The summed E-state index contributed by atoms with van der Waals surface area (Å²) in [5.41, 5.74) is 5.35. The number of hydrogen-bond acceptors (Lipinski definition) is 2. The number of fused-ring (bicyclic) bond motifs is 1. The molecular formula is C20H23BrN2O. The van der Waals surface area contributed by atoms with Crippen molar-refractivity contribution in [1.82, 2.24) is 10.2 Å².